The number of fused-ring (bicyclic) bond motifs is 3. The molecule has 1 aliphatic heterocycles. The molecule has 0 amide bonds. The van der Waals surface area contributed by atoms with Crippen molar-refractivity contribution in [2.75, 3.05) is 13.1 Å². The van der Waals surface area contributed by atoms with Crippen LogP contribution in [0.5, 0.6) is 0 Å². The van der Waals surface area contributed by atoms with Gasteiger partial charge in [0.1, 0.15) is 0 Å². The first kappa shape index (κ1) is 14.2. The topological polar surface area (TPSA) is 3.24 Å². The van der Waals surface area contributed by atoms with Crippen LogP contribution in [0.2, 0.25) is 0 Å². The second kappa shape index (κ2) is 6.29. The first-order valence-electron chi connectivity index (χ1n) is 7.13. The van der Waals surface area contributed by atoms with Gasteiger partial charge in [0.05, 0.1) is 0 Å². The standard InChI is InChI=1S/C16H22N.Li/c1-2-3-11-17-12-10-15-14-7-5-4-6-13(14)8-9-16(15)17;/h4-6,15-16H,2-3,8-12H2,1H3;/q-1;+1/t15-,16+;/m0./s1. The van der Waals surface area contributed by atoms with Crippen LogP contribution in [0, 0.1) is 6.07 Å². The summed E-state index contributed by atoms with van der Waals surface area (Å²) in [5.74, 6) is 0.775. The summed E-state index contributed by atoms with van der Waals surface area (Å²) in [6.07, 6.45) is 6.64. The van der Waals surface area contributed by atoms with Gasteiger partial charge in [-0.25, -0.2) is 0 Å². The Balaban J connectivity index is 0.00000120. The third kappa shape index (κ3) is 2.55. The van der Waals surface area contributed by atoms with Crippen LogP contribution in [0.1, 0.15) is 49.7 Å². The Morgan fingerprint density at radius 2 is 2.28 bits per heavy atom. The van der Waals surface area contributed by atoms with Crippen molar-refractivity contribution >= 4 is 0 Å². The van der Waals surface area contributed by atoms with E-state index in [9.17, 15) is 0 Å². The van der Waals surface area contributed by atoms with E-state index in [4.69, 9.17) is 0 Å². The van der Waals surface area contributed by atoms with Crippen LogP contribution < -0.4 is 18.9 Å². The van der Waals surface area contributed by atoms with Crippen LogP contribution >= 0.6 is 0 Å². The predicted octanol–water partition coefficient (Wildman–Crippen LogP) is 0.395. The first-order chi connectivity index (χ1) is 8.40. The summed E-state index contributed by atoms with van der Waals surface area (Å²) in [6.45, 7) is 4.90. The van der Waals surface area contributed by atoms with E-state index in [-0.39, 0.29) is 18.9 Å². The summed E-state index contributed by atoms with van der Waals surface area (Å²) < 4.78 is 0. The number of hydrogen-bond donors (Lipinski definition) is 0. The number of nitrogens with zero attached hydrogens (tertiary/aromatic N) is 1. The molecule has 0 spiro atoms. The molecule has 0 aromatic heterocycles. The van der Waals surface area contributed by atoms with Crippen LogP contribution in [0.4, 0.5) is 0 Å². The molecule has 1 fully saturated rings. The van der Waals surface area contributed by atoms with Crippen molar-refractivity contribution in [3.63, 3.8) is 0 Å². The van der Waals surface area contributed by atoms with Gasteiger partial charge in [-0.3, -0.25) is 4.90 Å². The average molecular weight is 235 g/mol. The number of aryl methyl sites for hydroxylation is 1. The fourth-order valence-corrected chi connectivity index (χ4v) is 3.63. The molecular formula is C16H22LiN. The van der Waals surface area contributed by atoms with E-state index in [2.05, 4.69) is 36.1 Å². The molecule has 1 nitrogen and oxygen atoms in total. The minimum atomic E-state index is 0. The summed E-state index contributed by atoms with van der Waals surface area (Å²) in [7, 11) is 0. The fourth-order valence-electron chi connectivity index (χ4n) is 3.63. The van der Waals surface area contributed by atoms with E-state index >= 15 is 0 Å². The second-order valence-electron chi connectivity index (χ2n) is 5.50. The number of benzene rings is 1. The third-order valence-corrected chi connectivity index (χ3v) is 4.52. The van der Waals surface area contributed by atoms with E-state index in [1.807, 2.05) is 0 Å². The Morgan fingerprint density at radius 1 is 1.39 bits per heavy atom. The molecule has 0 N–H and O–H groups in total. The zero-order chi connectivity index (χ0) is 11.7. The van der Waals surface area contributed by atoms with E-state index in [1.54, 1.807) is 5.56 Å². The first-order valence-corrected chi connectivity index (χ1v) is 7.13. The predicted molar refractivity (Wildman–Crippen MR) is 71.2 cm³/mol. The van der Waals surface area contributed by atoms with Gasteiger partial charge in [0.25, 0.3) is 0 Å². The van der Waals surface area contributed by atoms with Crippen LogP contribution in [-0.4, -0.2) is 24.0 Å². The zero-order valence-corrected chi connectivity index (χ0v) is 11.8. The molecule has 2 atom stereocenters. The Hall–Kier alpha value is -0.223. The van der Waals surface area contributed by atoms with Crippen LogP contribution in [-0.2, 0) is 6.42 Å². The number of rotatable bonds is 3. The molecule has 0 saturated carbocycles. The van der Waals surface area contributed by atoms with Crippen molar-refractivity contribution in [2.24, 2.45) is 0 Å². The molecular weight excluding hydrogens is 213 g/mol. The Kier molecular flexibility index (Phi) is 4.96. The molecule has 18 heavy (non-hydrogen) atoms. The summed E-state index contributed by atoms with van der Waals surface area (Å²) in [5, 5.41) is 0. The van der Waals surface area contributed by atoms with E-state index in [0.29, 0.717) is 0 Å². The van der Waals surface area contributed by atoms with Gasteiger partial charge in [0.2, 0.25) is 0 Å². The molecule has 1 aliphatic carbocycles. The molecule has 3 rings (SSSR count). The largest absolute Gasteiger partial charge is 1.00 e. The smallest absolute Gasteiger partial charge is 0.300 e. The molecule has 92 valence electrons. The van der Waals surface area contributed by atoms with Crippen molar-refractivity contribution in [1.82, 2.24) is 4.90 Å². The normalized spacial score (nSPS) is 26.3. The van der Waals surface area contributed by atoms with Gasteiger partial charge in [0.15, 0.2) is 0 Å². The van der Waals surface area contributed by atoms with Gasteiger partial charge in [-0.1, -0.05) is 19.8 Å². The van der Waals surface area contributed by atoms with Crippen LogP contribution in [0.25, 0.3) is 0 Å². The molecule has 0 radical (unpaired) electrons. The van der Waals surface area contributed by atoms with Crippen LogP contribution in [0.15, 0.2) is 18.2 Å². The summed E-state index contributed by atoms with van der Waals surface area (Å²) >= 11 is 0. The van der Waals surface area contributed by atoms with E-state index < -0.39 is 0 Å². The zero-order valence-electron chi connectivity index (χ0n) is 11.8. The summed E-state index contributed by atoms with van der Waals surface area (Å²) in [5.41, 5.74) is 3.09. The summed E-state index contributed by atoms with van der Waals surface area (Å²) in [6, 6.07) is 10.9. The van der Waals surface area contributed by atoms with Gasteiger partial charge in [0, 0.05) is 6.04 Å². The van der Waals surface area contributed by atoms with Crippen molar-refractivity contribution in [2.45, 2.75) is 51.0 Å². The molecule has 1 aromatic rings. The van der Waals surface area contributed by atoms with Gasteiger partial charge in [-0.2, -0.15) is 35.4 Å². The quantitative estimate of drug-likeness (QED) is 0.541. The fraction of sp³-hybridized carbons (Fsp3) is 0.625. The maximum Gasteiger partial charge on any atom is 1.00 e. The average Bonchev–Trinajstić information content (AvgIpc) is 2.80. The van der Waals surface area contributed by atoms with Gasteiger partial charge in [-0.15, -0.1) is 0 Å². The molecule has 0 unspecified atom stereocenters. The Morgan fingerprint density at radius 3 is 3.11 bits per heavy atom. The minimum absolute atomic E-state index is 0. The number of hydrogen-bond acceptors (Lipinski definition) is 1. The maximum absolute atomic E-state index is 3.51. The Labute approximate surface area is 123 Å². The van der Waals surface area contributed by atoms with Crippen molar-refractivity contribution in [3.8, 4) is 0 Å². The van der Waals surface area contributed by atoms with E-state index in [1.165, 1.54) is 50.8 Å². The SMILES string of the molecule is CCCCN1CC[C@H]2c3[c-]cccc3CC[C@H]21.[Li+]. The van der Waals surface area contributed by atoms with Gasteiger partial charge >= 0.3 is 18.9 Å². The second-order valence-corrected chi connectivity index (χ2v) is 5.50. The molecule has 2 heteroatoms. The van der Waals surface area contributed by atoms with E-state index in [0.717, 1.165) is 12.0 Å². The monoisotopic (exact) mass is 235 g/mol. The molecule has 1 saturated heterocycles. The Bertz CT molecular complexity index is 390. The van der Waals surface area contributed by atoms with Crippen molar-refractivity contribution < 1.29 is 18.9 Å². The van der Waals surface area contributed by atoms with Crippen molar-refractivity contribution in [1.29, 1.82) is 0 Å². The minimum Gasteiger partial charge on any atom is -0.300 e. The van der Waals surface area contributed by atoms with Gasteiger partial charge < -0.3 is 0 Å². The molecule has 1 aromatic carbocycles. The van der Waals surface area contributed by atoms with Gasteiger partial charge in [-0.05, 0) is 38.3 Å². The third-order valence-electron chi connectivity index (χ3n) is 4.52. The number of unbranched alkanes of at least 4 members (excludes halogenated alkanes) is 1. The maximum atomic E-state index is 3.51. The molecule has 0 bridgehead atoms. The number of likely N-dealkylation sites (tertiary alicyclic amines) is 1. The van der Waals surface area contributed by atoms with Crippen LogP contribution in [0.3, 0.4) is 0 Å². The molecule has 1 heterocycles. The molecule has 2 aliphatic rings. The summed E-state index contributed by atoms with van der Waals surface area (Å²) in [4.78, 5) is 2.73. The van der Waals surface area contributed by atoms with Crippen molar-refractivity contribution in [3.05, 3.63) is 35.4 Å².